The maximum absolute atomic E-state index is 8.88. The molecular weight excluding hydrogens is 316 g/mol. The molecule has 1 aliphatic rings. The predicted molar refractivity (Wildman–Crippen MR) is 97.8 cm³/mol. The van der Waals surface area contributed by atoms with E-state index in [4.69, 9.17) is 10.2 Å². The van der Waals surface area contributed by atoms with Crippen molar-refractivity contribution in [2.45, 2.75) is 32.9 Å². The van der Waals surface area contributed by atoms with Gasteiger partial charge < -0.3 is 0 Å². The fourth-order valence-corrected chi connectivity index (χ4v) is 3.83. The van der Waals surface area contributed by atoms with E-state index in [0.29, 0.717) is 0 Å². The van der Waals surface area contributed by atoms with E-state index < -0.39 is 0 Å². The molecule has 24 heavy (non-hydrogen) atoms. The highest BCUT2D eigenvalue weighted by Crippen LogP contribution is 2.15. The van der Waals surface area contributed by atoms with E-state index in [1.165, 1.54) is 22.7 Å². The first-order valence-corrected chi connectivity index (χ1v) is 9.52. The number of hydrogen-bond acceptors (Lipinski definition) is 5. The molecule has 0 amide bonds. The maximum Gasteiger partial charge on any atom is 0.0991 e. The van der Waals surface area contributed by atoms with Gasteiger partial charge in [-0.2, -0.15) is 5.26 Å². The van der Waals surface area contributed by atoms with Crippen molar-refractivity contribution in [1.29, 1.82) is 5.26 Å². The summed E-state index contributed by atoms with van der Waals surface area (Å²) < 4.78 is 0. The van der Waals surface area contributed by atoms with Crippen molar-refractivity contribution in [3.63, 3.8) is 0 Å². The first-order valence-electron chi connectivity index (χ1n) is 8.64. The van der Waals surface area contributed by atoms with Crippen molar-refractivity contribution >= 4 is 11.3 Å². The highest BCUT2D eigenvalue weighted by Gasteiger charge is 2.16. The molecule has 2 heterocycles. The van der Waals surface area contributed by atoms with E-state index in [0.717, 1.165) is 51.3 Å². The Morgan fingerprint density at radius 3 is 2.42 bits per heavy atom. The summed E-state index contributed by atoms with van der Waals surface area (Å²) in [5, 5.41) is 12.3. The van der Waals surface area contributed by atoms with Crippen LogP contribution in [0.15, 0.2) is 29.6 Å². The molecule has 126 valence electrons. The van der Waals surface area contributed by atoms with Gasteiger partial charge in [0, 0.05) is 31.6 Å². The van der Waals surface area contributed by atoms with Gasteiger partial charge >= 0.3 is 0 Å². The van der Waals surface area contributed by atoms with Gasteiger partial charge in [0.2, 0.25) is 0 Å². The van der Waals surface area contributed by atoms with Gasteiger partial charge in [0.15, 0.2) is 0 Å². The minimum absolute atomic E-state index is 0.732. The minimum Gasteiger partial charge on any atom is -0.298 e. The van der Waals surface area contributed by atoms with Gasteiger partial charge in [-0.05, 0) is 43.6 Å². The zero-order valence-corrected chi connectivity index (χ0v) is 15.1. The second-order valence-electron chi connectivity index (χ2n) is 6.30. The van der Waals surface area contributed by atoms with E-state index in [1.807, 2.05) is 12.1 Å². The van der Waals surface area contributed by atoms with Gasteiger partial charge in [-0.15, -0.1) is 11.3 Å². The van der Waals surface area contributed by atoms with Crippen LogP contribution in [0.3, 0.4) is 0 Å². The molecule has 0 atom stereocenters. The van der Waals surface area contributed by atoms with Crippen molar-refractivity contribution in [3.05, 3.63) is 51.5 Å². The zero-order valence-electron chi connectivity index (χ0n) is 14.2. The quantitative estimate of drug-likeness (QED) is 0.838. The van der Waals surface area contributed by atoms with Crippen LogP contribution in [0.1, 0.15) is 35.2 Å². The minimum atomic E-state index is 0.732. The van der Waals surface area contributed by atoms with Crippen LogP contribution in [-0.4, -0.2) is 41.0 Å². The summed E-state index contributed by atoms with van der Waals surface area (Å²) in [4.78, 5) is 9.73. The molecule has 1 aromatic carbocycles. The van der Waals surface area contributed by atoms with E-state index in [2.05, 4.69) is 40.3 Å². The van der Waals surface area contributed by atoms with Crippen LogP contribution in [-0.2, 0) is 19.5 Å². The Balaban J connectivity index is 1.51. The summed E-state index contributed by atoms with van der Waals surface area (Å²) in [5.41, 5.74) is 3.24. The van der Waals surface area contributed by atoms with E-state index in [1.54, 1.807) is 11.3 Å². The number of aryl methyl sites for hydroxylation is 1. The highest BCUT2D eigenvalue weighted by atomic mass is 32.1. The third-order valence-corrected chi connectivity index (χ3v) is 5.50. The summed E-state index contributed by atoms with van der Waals surface area (Å²) in [6.45, 7) is 8.56. The third kappa shape index (κ3) is 4.64. The molecule has 3 rings (SSSR count). The van der Waals surface area contributed by atoms with E-state index in [9.17, 15) is 0 Å². The van der Waals surface area contributed by atoms with Gasteiger partial charge in [-0.3, -0.25) is 9.80 Å². The molecule has 0 unspecified atom stereocenters. The molecule has 4 nitrogen and oxygen atoms in total. The molecule has 1 fully saturated rings. The van der Waals surface area contributed by atoms with Crippen LogP contribution < -0.4 is 0 Å². The lowest BCUT2D eigenvalue weighted by atomic mass is 10.1. The Bertz CT molecular complexity index is 686. The molecule has 0 aliphatic carbocycles. The van der Waals surface area contributed by atoms with Crippen LogP contribution in [0.5, 0.6) is 0 Å². The van der Waals surface area contributed by atoms with Crippen LogP contribution in [0, 0.1) is 11.3 Å². The molecule has 1 aliphatic heterocycles. The van der Waals surface area contributed by atoms with Crippen LogP contribution in [0.25, 0.3) is 0 Å². The van der Waals surface area contributed by atoms with Gasteiger partial charge in [0.05, 0.1) is 22.3 Å². The molecule has 0 radical (unpaired) electrons. The summed E-state index contributed by atoms with van der Waals surface area (Å²) in [6.07, 6.45) is 2.23. The lowest BCUT2D eigenvalue weighted by Gasteiger charge is -2.21. The third-order valence-electron chi connectivity index (χ3n) is 4.46. The second-order valence-corrected chi connectivity index (χ2v) is 7.24. The van der Waals surface area contributed by atoms with Gasteiger partial charge in [0.25, 0.3) is 0 Å². The Labute approximate surface area is 148 Å². The fraction of sp³-hybridized carbons (Fsp3) is 0.474. The van der Waals surface area contributed by atoms with Gasteiger partial charge in [-0.1, -0.05) is 19.1 Å². The Hall–Kier alpha value is -1.74. The lowest BCUT2D eigenvalue weighted by molar-refractivity contribution is 0.246. The summed E-state index contributed by atoms with van der Waals surface area (Å²) in [7, 11) is 0. The molecule has 0 saturated carbocycles. The van der Waals surface area contributed by atoms with Gasteiger partial charge in [0.1, 0.15) is 0 Å². The monoisotopic (exact) mass is 340 g/mol. The molecule has 1 saturated heterocycles. The standard InChI is InChI=1S/C19H24N4S/c1-2-19-21-18(15-24-19)14-23-9-3-8-22(10-11-23)13-17-6-4-16(12-20)5-7-17/h4-7,15H,2-3,8-11,13-14H2,1H3. The van der Waals surface area contributed by atoms with Crippen LogP contribution >= 0.6 is 11.3 Å². The van der Waals surface area contributed by atoms with Crippen molar-refractivity contribution in [1.82, 2.24) is 14.8 Å². The average molecular weight is 340 g/mol. The summed E-state index contributed by atoms with van der Waals surface area (Å²) >= 11 is 1.78. The Kier molecular flexibility index (Phi) is 5.97. The molecule has 1 aromatic heterocycles. The van der Waals surface area contributed by atoms with Crippen LogP contribution in [0.4, 0.5) is 0 Å². The first kappa shape index (κ1) is 17.1. The van der Waals surface area contributed by atoms with Crippen molar-refractivity contribution in [2.75, 3.05) is 26.2 Å². The van der Waals surface area contributed by atoms with Crippen molar-refractivity contribution in [2.24, 2.45) is 0 Å². The average Bonchev–Trinajstić information content (AvgIpc) is 2.96. The molecule has 0 N–H and O–H groups in total. The fourth-order valence-electron chi connectivity index (χ4n) is 3.10. The SMILES string of the molecule is CCc1nc(CN2CCCN(Cc3ccc(C#N)cc3)CC2)cs1. The van der Waals surface area contributed by atoms with Crippen LogP contribution in [0.2, 0.25) is 0 Å². The first-order chi connectivity index (χ1) is 11.8. The normalized spacial score (nSPS) is 16.7. The number of thiazole rings is 1. The van der Waals surface area contributed by atoms with Crippen molar-refractivity contribution in [3.8, 4) is 6.07 Å². The number of benzene rings is 1. The van der Waals surface area contributed by atoms with Crippen molar-refractivity contribution < 1.29 is 0 Å². The smallest absolute Gasteiger partial charge is 0.0991 e. The lowest BCUT2D eigenvalue weighted by Crippen LogP contribution is -2.30. The number of hydrogen-bond donors (Lipinski definition) is 0. The highest BCUT2D eigenvalue weighted by molar-refractivity contribution is 7.09. The summed E-state index contributed by atoms with van der Waals surface area (Å²) in [6, 6.07) is 10.1. The number of aromatic nitrogens is 1. The number of rotatable bonds is 5. The second kappa shape index (κ2) is 8.39. The maximum atomic E-state index is 8.88. The molecule has 0 bridgehead atoms. The molecular formula is C19H24N4S. The largest absolute Gasteiger partial charge is 0.298 e. The van der Waals surface area contributed by atoms with E-state index >= 15 is 0 Å². The summed E-state index contributed by atoms with van der Waals surface area (Å²) in [5.74, 6) is 0. The zero-order chi connectivity index (χ0) is 16.8. The van der Waals surface area contributed by atoms with Gasteiger partial charge in [-0.25, -0.2) is 4.98 Å². The van der Waals surface area contributed by atoms with E-state index in [-0.39, 0.29) is 0 Å². The molecule has 5 heteroatoms. The molecule has 2 aromatic rings. The Morgan fingerprint density at radius 2 is 1.79 bits per heavy atom. The topological polar surface area (TPSA) is 43.2 Å². The number of nitriles is 1. The predicted octanol–water partition coefficient (Wildman–Crippen LogP) is 3.29. The number of nitrogens with zero attached hydrogens (tertiary/aromatic N) is 4. The molecule has 0 spiro atoms. The Morgan fingerprint density at radius 1 is 1.08 bits per heavy atom.